The number of nitrogens with zero attached hydrogens (tertiary/aromatic N) is 2. The second kappa shape index (κ2) is 7.13. The predicted molar refractivity (Wildman–Crippen MR) is 67.1 cm³/mol. The van der Waals surface area contributed by atoms with Gasteiger partial charge in [-0.25, -0.2) is 0 Å². The third-order valence-electron chi connectivity index (χ3n) is 2.86. The molecule has 0 saturated carbocycles. The Morgan fingerprint density at radius 1 is 1.61 bits per heavy atom. The van der Waals surface area contributed by atoms with Gasteiger partial charge in [-0.3, -0.25) is 9.48 Å². The van der Waals surface area contributed by atoms with Gasteiger partial charge in [-0.05, 0) is 12.5 Å². The van der Waals surface area contributed by atoms with E-state index in [1.54, 1.807) is 6.20 Å². The van der Waals surface area contributed by atoms with E-state index in [1.165, 1.54) is 0 Å². The van der Waals surface area contributed by atoms with Gasteiger partial charge in [-0.2, -0.15) is 5.10 Å². The number of hydrogen-bond donors (Lipinski definition) is 2. The van der Waals surface area contributed by atoms with Crippen molar-refractivity contribution in [3.8, 4) is 0 Å². The van der Waals surface area contributed by atoms with E-state index in [0.717, 1.165) is 26.1 Å². The molecule has 6 nitrogen and oxygen atoms in total. The number of nitrogens with one attached hydrogen (secondary N) is 2. The average molecular weight is 252 g/mol. The van der Waals surface area contributed by atoms with Gasteiger partial charge in [0.25, 0.3) is 0 Å². The molecule has 100 valence electrons. The zero-order valence-corrected chi connectivity index (χ0v) is 10.5. The molecule has 0 radical (unpaired) electrons. The molecule has 1 atom stereocenters. The third kappa shape index (κ3) is 4.46. The molecule has 0 aromatic carbocycles. The molecule has 6 heteroatoms. The van der Waals surface area contributed by atoms with Crippen molar-refractivity contribution in [1.82, 2.24) is 20.4 Å². The van der Waals surface area contributed by atoms with Crippen LogP contribution in [0.3, 0.4) is 0 Å². The van der Waals surface area contributed by atoms with E-state index in [1.807, 2.05) is 16.9 Å². The van der Waals surface area contributed by atoms with Gasteiger partial charge in [0.1, 0.15) is 0 Å². The van der Waals surface area contributed by atoms with Crippen LogP contribution in [-0.4, -0.2) is 48.0 Å². The molecule has 1 aromatic heterocycles. The topological polar surface area (TPSA) is 68.2 Å². The molecular formula is C12H20N4O2. The zero-order chi connectivity index (χ0) is 12.6. The molecule has 18 heavy (non-hydrogen) atoms. The SMILES string of the molecule is O=C(CC1CNCCO1)NCCCn1cccn1. The molecule has 1 amide bonds. The number of carbonyl (C=O) groups excluding carboxylic acids is 1. The molecule has 0 bridgehead atoms. The van der Waals surface area contributed by atoms with Crippen molar-refractivity contribution in [2.45, 2.75) is 25.5 Å². The number of carbonyl (C=O) groups is 1. The van der Waals surface area contributed by atoms with Crippen molar-refractivity contribution in [3.05, 3.63) is 18.5 Å². The smallest absolute Gasteiger partial charge is 0.222 e. The normalized spacial score (nSPS) is 19.7. The summed E-state index contributed by atoms with van der Waals surface area (Å²) < 4.78 is 7.34. The summed E-state index contributed by atoms with van der Waals surface area (Å²) in [5.41, 5.74) is 0. The summed E-state index contributed by atoms with van der Waals surface area (Å²) in [5, 5.41) is 10.2. The van der Waals surface area contributed by atoms with Crippen LogP contribution in [0.15, 0.2) is 18.5 Å². The van der Waals surface area contributed by atoms with Crippen molar-refractivity contribution in [2.75, 3.05) is 26.2 Å². The number of amides is 1. The number of aryl methyl sites for hydroxylation is 1. The molecule has 2 N–H and O–H groups in total. The van der Waals surface area contributed by atoms with Crippen LogP contribution < -0.4 is 10.6 Å². The van der Waals surface area contributed by atoms with E-state index in [4.69, 9.17) is 4.74 Å². The molecule has 2 heterocycles. The van der Waals surface area contributed by atoms with Gasteiger partial charge >= 0.3 is 0 Å². The standard InChI is InChI=1S/C12H20N4O2/c17-12(9-11-10-13-5-8-18-11)14-3-1-6-16-7-2-4-15-16/h2,4,7,11,13H,1,3,5-6,8-10H2,(H,14,17). The van der Waals surface area contributed by atoms with Gasteiger partial charge in [0.05, 0.1) is 19.1 Å². The van der Waals surface area contributed by atoms with Crippen molar-refractivity contribution in [1.29, 1.82) is 0 Å². The maximum atomic E-state index is 11.6. The highest BCUT2D eigenvalue weighted by Crippen LogP contribution is 2.01. The van der Waals surface area contributed by atoms with E-state index < -0.39 is 0 Å². The largest absolute Gasteiger partial charge is 0.375 e. The van der Waals surface area contributed by atoms with Crippen LogP contribution in [0.1, 0.15) is 12.8 Å². The first-order valence-corrected chi connectivity index (χ1v) is 6.41. The van der Waals surface area contributed by atoms with Crippen LogP contribution in [0, 0.1) is 0 Å². The fourth-order valence-corrected chi connectivity index (χ4v) is 1.93. The van der Waals surface area contributed by atoms with Crippen LogP contribution in [0.2, 0.25) is 0 Å². The van der Waals surface area contributed by atoms with E-state index in [2.05, 4.69) is 15.7 Å². The highest BCUT2D eigenvalue weighted by molar-refractivity contribution is 5.76. The van der Waals surface area contributed by atoms with Gasteiger partial charge < -0.3 is 15.4 Å². The minimum Gasteiger partial charge on any atom is -0.375 e. The highest BCUT2D eigenvalue weighted by Gasteiger charge is 2.16. The van der Waals surface area contributed by atoms with Gasteiger partial charge in [-0.15, -0.1) is 0 Å². The minimum atomic E-state index is 0.0184. The van der Waals surface area contributed by atoms with Gasteiger partial charge in [0.15, 0.2) is 0 Å². The molecular weight excluding hydrogens is 232 g/mol. The number of aromatic nitrogens is 2. The molecule has 1 unspecified atom stereocenters. The molecule has 1 fully saturated rings. The first kappa shape index (κ1) is 13.0. The minimum absolute atomic E-state index is 0.0184. The second-order valence-corrected chi connectivity index (χ2v) is 4.37. The third-order valence-corrected chi connectivity index (χ3v) is 2.86. The lowest BCUT2D eigenvalue weighted by Crippen LogP contribution is -2.41. The zero-order valence-electron chi connectivity index (χ0n) is 10.5. The second-order valence-electron chi connectivity index (χ2n) is 4.37. The quantitative estimate of drug-likeness (QED) is 0.686. The monoisotopic (exact) mass is 252 g/mol. The van der Waals surface area contributed by atoms with Crippen LogP contribution in [0.5, 0.6) is 0 Å². The highest BCUT2D eigenvalue weighted by atomic mass is 16.5. The van der Waals surface area contributed by atoms with Crippen LogP contribution in [0.4, 0.5) is 0 Å². The summed E-state index contributed by atoms with van der Waals surface area (Å²) in [7, 11) is 0. The van der Waals surface area contributed by atoms with Gasteiger partial charge in [-0.1, -0.05) is 0 Å². The van der Waals surface area contributed by atoms with Crippen molar-refractivity contribution < 1.29 is 9.53 Å². The van der Waals surface area contributed by atoms with E-state index in [-0.39, 0.29) is 12.0 Å². The summed E-state index contributed by atoms with van der Waals surface area (Å²) in [6.07, 6.45) is 5.02. The van der Waals surface area contributed by atoms with Crippen LogP contribution >= 0.6 is 0 Å². The predicted octanol–water partition coefficient (Wildman–Crippen LogP) is -0.232. The van der Waals surface area contributed by atoms with E-state index in [9.17, 15) is 4.79 Å². The number of ether oxygens (including phenoxy) is 1. The van der Waals surface area contributed by atoms with Crippen molar-refractivity contribution in [2.24, 2.45) is 0 Å². The Morgan fingerprint density at radius 3 is 3.28 bits per heavy atom. The molecule has 1 saturated heterocycles. The summed E-state index contributed by atoms with van der Waals surface area (Å²) in [4.78, 5) is 11.6. The maximum absolute atomic E-state index is 11.6. The molecule has 0 aliphatic carbocycles. The van der Waals surface area contributed by atoms with E-state index >= 15 is 0 Å². The number of hydrogen-bond acceptors (Lipinski definition) is 4. The number of rotatable bonds is 6. The van der Waals surface area contributed by atoms with Crippen LogP contribution in [-0.2, 0) is 16.1 Å². The Balaban J connectivity index is 1.54. The lowest BCUT2D eigenvalue weighted by atomic mass is 10.2. The number of morpholine rings is 1. The lowest BCUT2D eigenvalue weighted by Gasteiger charge is -2.23. The van der Waals surface area contributed by atoms with Gasteiger partial charge in [0.2, 0.25) is 5.91 Å². The van der Waals surface area contributed by atoms with Gasteiger partial charge in [0, 0.05) is 38.6 Å². The first-order chi connectivity index (χ1) is 8.84. The fourth-order valence-electron chi connectivity index (χ4n) is 1.93. The van der Waals surface area contributed by atoms with Crippen molar-refractivity contribution in [3.63, 3.8) is 0 Å². The summed E-state index contributed by atoms with van der Waals surface area (Å²) in [5.74, 6) is 0.0594. The molecule has 1 aliphatic heterocycles. The summed E-state index contributed by atoms with van der Waals surface area (Å²) in [6, 6.07) is 1.89. The Hall–Kier alpha value is -1.40. The Bertz CT molecular complexity index is 347. The Labute approximate surface area is 107 Å². The van der Waals surface area contributed by atoms with Crippen LogP contribution in [0.25, 0.3) is 0 Å². The first-order valence-electron chi connectivity index (χ1n) is 6.41. The van der Waals surface area contributed by atoms with Crippen molar-refractivity contribution >= 4 is 5.91 Å². The Kier molecular flexibility index (Phi) is 5.16. The summed E-state index contributed by atoms with van der Waals surface area (Å²) in [6.45, 7) is 3.84. The average Bonchev–Trinajstić information content (AvgIpc) is 2.89. The fraction of sp³-hybridized carbons (Fsp3) is 0.667. The lowest BCUT2D eigenvalue weighted by molar-refractivity contribution is -0.124. The maximum Gasteiger partial charge on any atom is 0.222 e. The van der Waals surface area contributed by atoms with E-state index in [0.29, 0.717) is 19.6 Å². The summed E-state index contributed by atoms with van der Waals surface area (Å²) >= 11 is 0. The molecule has 1 aromatic rings. The molecule has 1 aliphatic rings. The molecule has 2 rings (SSSR count). The molecule has 0 spiro atoms. The Morgan fingerprint density at radius 2 is 2.56 bits per heavy atom.